The molecule has 0 nitrogen and oxygen atoms in total. The lowest BCUT2D eigenvalue weighted by atomic mass is 9.61. The third-order valence-corrected chi connectivity index (χ3v) is 13.9. The first-order chi connectivity index (χ1) is 22.7. The standard InChI is InChI=1S/C49H70/c1-15-16-17-35(45-42-28-33(48(9,10)11)20-24-38(42)39-25-21-34(29-43(39)45)49(12,13)14)30(2)44-40-26-31(46(3,4)5)18-22-36(40)37-23-19-32(27-41(37)44)47(6,7)8/h15,18-30,35-45H,1,16-17H2,2-14H3. The van der Waals surface area contributed by atoms with Crippen molar-refractivity contribution in [3.8, 4) is 0 Å². The van der Waals surface area contributed by atoms with Crippen molar-refractivity contribution in [2.24, 2.45) is 92.7 Å². The van der Waals surface area contributed by atoms with Gasteiger partial charge in [0.05, 0.1) is 0 Å². The van der Waals surface area contributed by atoms with E-state index >= 15 is 0 Å². The lowest BCUT2D eigenvalue weighted by Gasteiger charge is -2.43. The zero-order valence-electron chi connectivity index (χ0n) is 33.6. The van der Waals surface area contributed by atoms with Crippen LogP contribution in [0, 0.1) is 92.7 Å². The van der Waals surface area contributed by atoms with Crippen LogP contribution in [0.4, 0.5) is 0 Å². The minimum absolute atomic E-state index is 0.154. The lowest BCUT2D eigenvalue weighted by molar-refractivity contribution is 0.0980. The van der Waals surface area contributed by atoms with Crippen molar-refractivity contribution in [1.82, 2.24) is 0 Å². The minimum atomic E-state index is 0.154. The van der Waals surface area contributed by atoms with Crippen LogP contribution in [0.5, 0.6) is 0 Å². The summed E-state index contributed by atoms with van der Waals surface area (Å²) >= 11 is 0. The second kappa shape index (κ2) is 12.7. The first kappa shape index (κ1) is 36.5. The molecule has 0 aromatic carbocycles. The second-order valence-electron chi connectivity index (χ2n) is 21.1. The molecule has 6 aliphatic rings. The van der Waals surface area contributed by atoms with Crippen LogP contribution in [0.2, 0.25) is 0 Å². The summed E-state index contributed by atoms with van der Waals surface area (Å²) in [7, 11) is 0. The molecular weight excluding hydrogens is 589 g/mol. The second-order valence-corrected chi connectivity index (χ2v) is 21.1. The Morgan fingerprint density at radius 1 is 0.490 bits per heavy atom. The fraction of sp³-hybridized carbons (Fsp3) is 0.633. The van der Waals surface area contributed by atoms with Crippen LogP contribution >= 0.6 is 0 Å². The molecule has 2 saturated carbocycles. The molecule has 6 aliphatic carbocycles. The van der Waals surface area contributed by atoms with Crippen molar-refractivity contribution in [1.29, 1.82) is 0 Å². The summed E-state index contributed by atoms with van der Waals surface area (Å²) in [6.07, 6.45) is 36.1. The van der Waals surface area contributed by atoms with Crippen molar-refractivity contribution in [2.75, 3.05) is 0 Å². The summed E-state index contributed by atoms with van der Waals surface area (Å²) in [5, 5.41) is 0. The summed E-state index contributed by atoms with van der Waals surface area (Å²) in [4.78, 5) is 0. The van der Waals surface area contributed by atoms with Crippen molar-refractivity contribution in [2.45, 2.75) is 103 Å². The Balaban J connectivity index is 1.50. The van der Waals surface area contributed by atoms with E-state index in [0.29, 0.717) is 71.0 Å². The van der Waals surface area contributed by atoms with Crippen molar-refractivity contribution >= 4 is 0 Å². The zero-order chi connectivity index (χ0) is 35.8. The molecular formula is C49H70. The van der Waals surface area contributed by atoms with Gasteiger partial charge in [-0.15, -0.1) is 6.58 Å². The molecule has 49 heavy (non-hydrogen) atoms. The maximum atomic E-state index is 4.29. The number of hydrogen-bond acceptors (Lipinski definition) is 0. The first-order valence-electron chi connectivity index (χ1n) is 19.9. The molecule has 10 unspecified atom stereocenters. The molecule has 0 spiro atoms. The monoisotopic (exact) mass is 659 g/mol. The predicted molar refractivity (Wildman–Crippen MR) is 214 cm³/mol. The maximum Gasteiger partial charge on any atom is -0.00953 e. The topological polar surface area (TPSA) is 0 Å². The van der Waals surface area contributed by atoms with Crippen LogP contribution in [0.1, 0.15) is 103 Å². The molecule has 2 fully saturated rings. The zero-order valence-corrected chi connectivity index (χ0v) is 33.6. The van der Waals surface area contributed by atoms with Gasteiger partial charge in [-0.3, -0.25) is 0 Å². The van der Waals surface area contributed by atoms with Crippen molar-refractivity contribution in [3.63, 3.8) is 0 Å². The number of allylic oxidation sites excluding steroid dienone is 17. The normalized spacial score (nSPS) is 36.5. The maximum absolute atomic E-state index is 4.29. The number of rotatable bonds is 6. The largest absolute Gasteiger partial charge is 0.103 e. The van der Waals surface area contributed by atoms with Gasteiger partial charge in [-0.05, 0) is 128 Å². The Labute approximate surface area is 302 Å². The molecule has 266 valence electrons. The van der Waals surface area contributed by atoms with Crippen LogP contribution in [-0.2, 0) is 0 Å². The highest BCUT2D eigenvalue weighted by Gasteiger charge is 2.57. The van der Waals surface area contributed by atoms with Crippen LogP contribution in [0.15, 0.2) is 108 Å². The lowest BCUT2D eigenvalue weighted by Crippen LogP contribution is -2.37. The highest BCUT2D eigenvalue weighted by molar-refractivity contribution is 5.41. The first-order valence-corrected chi connectivity index (χ1v) is 19.9. The molecule has 0 radical (unpaired) electrons. The summed E-state index contributed by atoms with van der Waals surface area (Å²) < 4.78 is 0. The highest BCUT2D eigenvalue weighted by Crippen LogP contribution is 2.63. The highest BCUT2D eigenvalue weighted by atomic mass is 14.6. The van der Waals surface area contributed by atoms with E-state index in [0.717, 1.165) is 6.42 Å². The fourth-order valence-electron chi connectivity index (χ4n) is 11.1. The molecule has 0 N–H and O–H groups in total. The average molecular weight is 659 g/mol. The van der Waals surface area contributed by atoms with E-state index in [2.05, 4.69) is 176 Å². The molecule has 0 aliphatic heterocycles. The van der Waals surface area contributed by atoms with Crippen LogP contribution in [0.3, 0.4) is 0 Å². The van der Waals surface area contributed by atoms with Gasteiger partial charge in [0.15, 0.2) is 0 Å². The molecule has 0 saturated heterocycles. The Hall–Kier alpha value is -2.34. The van der Waals surface area contributed by atoms with Crippen LogP contribution < -0.4 is 0 Å². The smallest absolute Gasteiger partial charge is 0.00953 e. The molecule has 0 heterocycles. The van der Waals surface area contributed by atoms with Gasteiger partial charge in [0.25, 0.3) is 0 Å². The van der Waals surface area contributed by atoms with Crippen LogP contribution in [0.25, 0.3) is 0 Å². The summed E-state index contributed by atoms with van der Waals surface area (Å²) in [5.74, 6) is 7.03. The van der Waals surface area contributed by atoms with Crippen LogP contribution in [-0.4, -0.2) is 0 Å². The quantitative estimate of drug-likeness (QED) is 0.249. The van der Waals surface area contributed by atoms with E-state index in [9.17, 15) is 0 Å². The minimum Gasteiger partial charge on any atom is -0.103 e. The molecule has 0 heteroatoms. The Morgan fingerprint density at radius 2 is 0.776 bits per heavy atom. The molecule has 6 rings (SSSR count). The molecule has 0 amide bonds. The van der Waals surface area contributed by atoms with Gasteiger partial charge in [-0.25, -0.2) is 0 Å². The number of hydrogen-bond donors (Lipinski definition) is 0. The van der Waals surface area contributed by atoms with Gasteiger partial charge in [-0.2, -0.15) is 0 Å². The molecule has 0 bridgehead atoms. The number of fused-ring (bicyclic) bond motifs is 6. The van der Waals surface area contributed by atoms with E-state index in [1.165, 1.54) is 28.7 Å². The summed E-state index contributed by atoms with van der Waals surface area (Å²) in [5.41, 5.74) is 6.74. The van der Waals surface area contributed by atoms with E-state index in [1.54, 1.807) is 0 Å². The van der Waals surface area contributed by atoms with Gasteiger partial charge in [0, 0.05) is 0 Å². The Bertz CT molecular complexity index is 1420. The predicted octanol–water partition coefficient (Wildman–Crippen LogP) is 13.6. The summed E-state index contributed by atoms with van der Waals surface area (Å²) in [6.45, 7) is 35.8. The van der Waals surface area contributed by atoms with Gasteiger partial charge >= 0.3 is 0 Å². The molecule has 0 aromatic rings. The van der Waals surface area contributed by atoms with E-state index in [1.807, 2.05) is 0 Å². The van der Waals surface area contributed by atoms with E-state index in [-0.39, 0.29) is 21.7 Å². The summed E-state index contributed by atoms with van der Waals surface area (Å²) in [6, 6.07) is 0. The third kappa shape index (κ3) is 6.74. The van der Waals surface area contributed by atoms with Gasteiger partial charge in [0.1, 0.15) is 0 Å². The average Bonchev–Trinajstić information content (AvgIpc) is 3.50. The Morgan fingerprint density at radius 3 is 1.04 bits per heavy atom. The van der Waals surface area contributed by atoms with Crippen molar-refractivity contribution < 1.29 is 0 Å². The van der Waals surface area contributed by atoms with E-state index < -0.39 is 0 Å². The Kier molecular flexibility index (Phi) is 9.45. The van der Waals surface area contributed by atoms with Crippen molar-refractivity contribution in [3.05, 3.63) is 108 Å². The van der Waals surface area contributed by atoms with Gasteiger partial charge < -0.3 is 0 Å². The third-order valence-electron chi connectivity index (χ3n) is 13.9. The van der Waals surface area contributed by atoms with Gasteiger partial charge in [-0.1, -0.05) is 169 Å². The SMILES string of the molecule is C=CCCC(C(C)C1C2C=C(C(C)(C)C)C=CC2C2C=CC(C(C)(C)C)=CC21)C1C2C=C(C(C)(C)C)C=CC2C2C=CC(C(C)(C)C)=CC21. The molecule has 0 aromatic heterocycles. The molecule has 10 atom stereocenters. The van der Waals surface area contributed by atoms with Gasteiger partial charge in [0.2, 0.25) is 0 Å². The fourth-order valence-corrected chi connectivity index (χ4v) is 11.1. The van der Waals surface area contributed by atoms with E-state index in [4.69, 9.17) is 0 Å².